The molecule has 0 aromatic heterocycles. The molecule has 7 atom stereocenters. The third kappa shape index (κ3) is 51.4. The van der Waals surface area contributed by atoms with Gasteiger partial charge in [-0.1, -0.05) is 337 Å². The summed E-state index contributed by atoms with van der Waals surface area (Å²) in [4.78, 5) is 13.2. The van der Waals surface area contributed by atoms with Crippen molar-refractivity contribution in [3.05, 3.63) is 72.9 Å². The molecule has 484 valence electrons. The largest absolute Gasteiger partial charge is 0.394 e. The van der Waals surface area contributed by atoms with Gasteiger partial charge >= 0.3 is 0 Å². The Labute approximate surface area is 512 Å². The summed E-state index contributed by atoms with van der Waals surface area (Å²) < 4.78 is 11.4. The van der Waals surface area contributed by atoms with Crippen molar-refractivity contribution in [3.63, 3.8) is 0 Å². The van der Waals surface area contributed by atoms with Gasteiger partial charge in [-0.25, -0.2) is 0 Å². The van der Waals surface area contributed by atoms with Crippen molar-refractivity contribution in [1.82, 2.24) is 5.32 Å². The van der Waals surface area contributed by atoms with Gasteiger partial charge in [0.2, 0.25) is 5.91 Å². The molecule has 0 aromatic carbocycles. The Morgan fingerprint density at radius 1 is 0.422 bits per heavy atom. The summed E-state index contributed by atoms with van der Waals surface area (Å²) >= 11 is 0. The Morgan fingerprint density at radius 2 is 0.747 bits per heavy atom. The van der Waals surface area contributed by atoms with E-state index < -0.39 is 49.5 Å². The topological polar surface area (TPSA) is 149 Å². The first kappa shape index (κ1) is 78.6. The van der Waals surface area contributed by atoms with E-state index in [1.54, 1.807) is 0 Å². The zero-order valence-electron chi connectivity index (χ0n) is 54.2. The number of rotatable bonds is 62. The van der Waals surface area contributed by atoms with Crippen LogP contribution in [-0.2, 0) is 14.3 Å². The van der Waals surface area contributed by atoms with E-state index in [2.05, 4.69) is 92.1 Å². The third-order valence-electron chi connectivity index (χ3n) is 16.8. The highest BCUT2D eigenvalue weighted by Gasteiger charge is 2.44. The standard InChI is InChI=1S/C74H135NO8/c1-3-5-7-9-11-13-15-17-19-21-23-25-27-29-31-33-34-36-38-40-42-44-46-48-50-52-54-56-58-60-62-64-70(78)75-67(66-82-74-73(81)72(80)71(79)69(65-76)83-74)68(77)63-61-59-57-55-53-51-49-47-45-43-41-39-37-35-32-30-28-26-24-22-20-18-16-14-12-10-8-6-4-2/h5,7,11,13,17,19,23,25,29,31,34,36,67-69,71-74,76-77,79-81H,3-4,6,8-10,12,14-16,18,20-22,24,26-28,30,32-33,35,37-66H2,1-2H3,(H,75,78)/b7-5-,13-11-,19-17-,25-23-,31-29-,36-34-. The Hall–Kier alpha value is -2.37. The molecule has 1 aliphatic rings. The van der Waals surface area contributed by atoms with Crippen LogP contribution in [0.2, 0.25) is 0 Å². The fourth-order valence-electron chi connectivity index (χ4n) is 11.3. The van der Waals surface area contributed by atoms with Crippen molar-refractivity contribution in [2.75, 3.05) is 13.2 Å². The van der Waals surface area contributed by atoms with Gasteiger partial charge in [0.1, 0.15) is 24.4 Å². The molecule has 7 unspecified atom stereocenters. The minimum atomic E-state index is -1.56. The fraction of sp³-hybridized carbons (Fsp3) is 0.824. The minimum absolute atomic E-state index is 0.139. The van der Waals surface area contributed by atoms with Gasteiger partial charge in [-0.05, 0) is 64.2 Å². The lowest BCUT2D eigenvalue weighted by molar-refractivity contribution is -0.302. The maximum atomic E-state index is 13.2. The first-order chi connectivity index (χ1) is 40.8. The van der Waals surface area contributed by atoms with Gasteiger partial charge in [0, 0.05) is 6.42 Å². The van der Waals surface area contributed by atoms with Gasteiger partial charge in [0.05, 0.1) is 25.4 Å². The number of allylic oxidation sites excluding steroid dienone is 12. The Morgan fingerprint density at radius 3 is 1.11 bits per heavy atom. The lowest BCUT2D eigenvalue weighted by Crippen LogP contribution is -2.60. The highest BCUT2D eigenvalue weighted by molar-refractivity contribution is 5.76. The second-order valence-electron chi connectivity index (χ2n) is 24.7. The van der Waals surface area contributed by atoms with E-state index in [0.29, 0.717) is 12.8 Å². The summed E-state index contributed by atoms with van der Waals surface area (Å²) in [6.07, 6.45) is 81.1. The van der Waals surface area contributed by atoms with Crippen molar-refractivity contribution in [2.24, 2.45) is 0 Å². The second kappa shape index (κ2) is 62.7. The lowest BCUT2D eigenvalue weighted by atomic mass is 9.99. The molecule has 0 aliphatic carbocycles. The molecule has 0 bridgehead atoms. The molecular weight excluding hydrogens is 1030 g/mol. The molecule has 0 saturated carbocycles. The zero-order valence-corrected chi connectivity index (χ0v) is 54.2. The molecule has 1 heterocycles. The molecule has 6 N–H and O–H groups in total. The summed E-state index contributed by atoms with van der Waals surface area (Å²) in [5.41, 5.74) is 0. The lowest BCUT2D eigenvalue weighted by Gasteiger charge is -2.40. The zero-order chi connectivity index (χ0) is 60.0. The number of aliphatic hydroxyl groups excluding tert-OH is 5. The average molecular weight is 1170 g/mol. The number of amides is 1. The van der Waals surface area contributed by atoms with Crippen LogP contribution in [0.25, 0.3) is 0 Å². The van der Waals surface area contributed by atoms with Crippen LogP contribution >= 0.6 is 0 Å². The van der Waals surface area contributed by atoms with Crippen molar-refractivity contribution < 1.29 is 39.8 Å². The highest BCUT2D eigenvalue weighted by atomic mass is 16.7. The van der Waals surface area contributed by atoms with Crippen molar-refractivity contribution >= 4 is 5.91 Å². The predicted octanol–water partition coefficient (Wildman–Crippen LogP) is 19.5. The van der Waals surface area contributed by atoms with E-state index in [-0.39, 0.29) is 12.5 Å². The monoisotopic (exact) mass is 1170 g/mol. The SMILES string of the molecule is CC/C=C\C/C=C\C/C=C\C/C=C\C/C=C\C/C=C\CCCCCCCCCCCCCCC(=O)NC(COC1OC(CO)C(O)C(O)C1O)C(O)CCCCCCCCCCCCCCCCCCCCCCCCCCCCCCC. The molecule has 1 rings (SSSR count). The highest BCUT2D eigenvalue weighted by Crippen LogP contribution is 2.24. The van der Waals surface area contributed by atoms with E-state index in [9.17, 15) is 30.3 Å². The van der Waals surface area contributed by atoms with Crippen molar-refractivity contribution in [1.29, 1.82) is 0 Å². The maximum Gasteiger partial charge on any atom is 0.220 e. The predicted molar refractivity (Wildman–Crippen MR) is 355 cm³/mol. The second-order valence-corrected chi connectivity index (χ2v) is 24.7. The van der Waals surface area contributed by atoms with E-state index in [0.717, 1.165) is 77.0 Å². The van der Waals surface area contributed by atoms with Crippen LogP contribution < -0.4 is 5.32 Å². The molecule has 0 aromatic rings. The van der Waals surface area contributed by atoms with Crippen LogP contribution in [0.1, 0.15) is 335 Å². The number of nitrogens with one attached hydrogen (secondary N) is 1. The van der Waals surface area contributed by atoms with Gasteiger partial charge in [-0.15, -0.1) is 0 Å². The number of carbonyl (C=O) groups excluding carboxylic acids is 1. The normalized spacial score (nSPS) is 18.7. The summed E-state index contributed by atoms with van der Waals surface area (Å²) in [6, 6.07) is -0.726. The number of ether oxygens (including phenoxy) is 2. The summed E-state index contributed by atoms with van der Waals surface area (Å²) in [7, 11) is 0. The Bertz CT molecular complexity index is 1540. The molecule has 9 heteroatoms. The van der Waals surface area contributed by atoms with Crippen LogP contribution in [-0.4, -0.2) is 87.5 Å². The Balaban J connectivity index is 2.12. The third-order valence-corrected chi connectivity index (χ3v) is 16.8. The number of hydrogen-bond acceptors (Lipinski definition) is 8. The van der Waals surface area contributed by atoms with Crippen LogP contribution in [0.3, 0.4) is 0 Å². The van der Waals surface area contributed by atoms with Crippen LogP contribution in [0.5, 0.6) is 0 Å². The number of aliphatic hydroxyl groups is 5. The quantitative estimate of drug-likeness (QED) is 0.0261. The number of unbranched alkanes of at least 4 members (excludes halogenated alkanes) is 40. The van der Waals surface area contributed by atoms with Gasteiger partial charge in [0.15, 0.2) is 6.29 Å². The molecule has 9 nitrogen and oxygen atoms in total. The summed E-state index contributed by atoms with van der Waals surface area (Å²) in [5.74, 6) is -0.144. The van der Waals surface area contributed by atoms with E-state index in [1.807, 2.05) is 0 Å². The molecule has 1 aliphatic heterocycles. The molecular formula is C74H135NO8. The maximum absolute atomic E-state index is 13.2. The number of hydrogen-bond donors (Lipinski definition) is 6. The van der Waals surface area contributed by atoms with Gasteiger partial charge in [-0.3, -0.25) is 4.79 Å². The minimum Gasteiger partial charge on any atom is -0.394 e. The van der Waals surface area contributed by atoms with Crippen molar-refractivity contribution in [3.8, 4) is 0 Å². The van der Waals surface area contributed by atoms with Crippen molar-refractivity contribution in [2.45, 2.75) is 378 Å². The van der Waals surface area contributed by atoms with E-state index in [1.165, 1.54) is 231 Å². The van der Waals surface area contributed by atoms with E-state index >= 15 is 0 Å². The fourth-order valence-corrected chi connectivity index (χ4v) is 11.3. The van der Waals surface area contributed by atoms with Crippen LogP contribution in [0.15, 0.2) is 72.9 Å². The van der Waals surface area contributed by atoms with E-state index in [4.69, 9.17) is 9.47 Å². The molecule has 1 saturated heterocycles. The van der Waals surface area contributed by atoms with Gasteiger partial charge in [0.25, 0.3) is 0 Å². The molecule has 1 amide bonds. The number of carbonyl (C=O) groups is 1. The molecule has 0 radical (unpaired) electrons. The summed E-state index contributed by atoms with van der Waals surface area (Å²) in [6.45, 7) is 3.76. The van der Waals surface area contributed by atoms with Crippen LogP contribution in [0, 0.1) is 0 Å². The molecule has 83 heavy (non-hydrogen) atoms. The average Bonchev–Trinajstić information content (AvgIpc) is 3.61. The molecule has 0 spiro atoms. The van der Waals surface area contributed by atoms with Gasteiger partial charge < -0.3 is 40.3 Å². The summed E-state index contributed by atoms with van der Waals surface area (Å²) in [5, 5.41) is 55.0. The van der Waals surface area contributed by atoms with Crippen LogP contribution in [0.4, 0.5) is 0 Å². The smallest absolute Gasteiger partial charge is 0.220 e. The Kier molecular flexibility index (Phi) is 59.4. The molecule has 1 fully saturated rings. The first-order valence-electron chi connectivity index (χ1n) is 35.6. The van der Waals surface area contributed by atoms with Gasteiger partial charge in [-0.2, -0.15) is 0 Å². The first-order valence-corrected chi connectivity index (χ1v) is 35.6.